The first-order valence-corrected chi connectivity index (χ1v) is 12.4. The van der Waals surface area contributed by atoms with E-state index in [0.717, 1.165) is 12.0 Å². The van der Waals surface area contributed by atoms with Gasteiger partial charge in [0.1, 0.15) is 11.9 Å². The lowest BCUT2D eigenvalue weighted by Gasteiger charge is -2.64. The minimum atomic E-state index is -1.89. The predicted octanol–water partition coefficient (Wildman–Crippen LogP) is 3.72. The maximum atomic E-state index is 12.9. The molecule has 25 heavy (non-hydrogen) atoms. The standard InChI is InChI=1S/C20H30O4Si/c1-8-23-17(21)12-10-15(24-25(5,6)7)13-20-14(2)9-11-16(18(20)22)19(20,3)4/h9,15-16H,8,11,13H2,1-7H3/t15?,16-,20+/m0/s1. The van der Waals surface area contributed by atoms with Gasteiger partial charge in [-0.25, -0.2) is 4.79 Å². The molecular weight excluding hydrogens is 332 g/mol. The fourth-order valence-electron chi connectivity index (χ4n) is 4.39. The first-order chi connectivity index (χ1) is 11.5. The average Bonchev–Trinajstić information content (AvgIpc) is 2.47. The fraction of sp³-hybridized carbons (Fsp3) is 0.700. The summed E-state index contributed by atoms with van der Waals surface area (Å²) in [5.41, 5.74) is 0.492. The van der Waals surface area contributed by atoms with Gasteiger partial charge in [-0.05, 0) is 45.3 Å². The zero-order valence-electron chi connectivity index (χ0n) is 16.5. The Bertz CT molecular complexity index is 659. The molecule has 2 bridgehead atoms. The van der Waals surface area contributed by atoms with E-state index in [4.69, 9.17) is 9.16 Å². The molecule has 138 valence electrons. The normalized spacial score (nSPS) is 28.2. The smallest absolute Gasteiger partial charge is 0.384 e. The van der Waals surface area contributed by atoms with Crippen molar-refractivity contribution >= 4 is 20.1 Å². The lowest BCUT2D eigenvalue weighted by atomic mass is 9.38. The third kappa shape index (κ3) is 3.47. The van der Waals surface area contributed by atoms with Gasteiger partial charge < -0.3 is 9.16 Å². The van der Waals surface area contributed by atoms with Crippen molar-refractivity contribution in [3.63, 3.8) is 0 Å². The summed E-state index contributed by atoms with van der Waals surface area (Å²) in [4.78, 5) is 24.5. The van der Waals surface area contributed by atoms with Crippen molar-refractivity contribution in [2.75, 3.05) is 6.61 Å². The molecule has 0 heterocycles. The van der Waals surface area contributed by atoms with Crippen LogP contribution in [0.25, 0.3) is 0 Å². The van der Waals surface area contributed by atoms with Gasteiger partial charge >= 0.3 is 5.97 Å². The SMILES string of the molecule is CCOC(=O)C#CC(C[C@]12C(=O)[C@H](CC=C1C)C2(C)C)O[Si](C)(C)C. The number of rotatable bonds is 5. The number of carbonyl (C=O) groups is 2. The van der Waals surface area contributed by atoms with Gasteiger partial charge in [0.05, 0.1) is 12.0 Å². The molecule has 5 heteroatoms. The second kappa shape index (κ2) is 6.73. The van der Waals surface area contributed by atoms with Crippen LogP contribution in [0.5, 0.6) is 0 Å². The molecule has 0 N–H and O–H groups in total. The minimum absolute atomic E-state index is 0.0850. The Kier molecular flexibility index (Phi) is 5.37. The molecule has 0 radical (unpaired) electrons. The second-order valence-corrected chi connectivity index (χ2v) is 13.0. The van der Waals surface area contributed by atoms with E-state index in [0.29, 0.717) is 18.8 Å². The Morgan fingerprint density at radius 3 is 2.52 bits per heavy atom. The molecule has 0 aromatic carbocycles. The summed E-state index contributed by atoms with van der Waals surface area (Å²) < 4.78 is 11.1. The van der Waals surface area contributed by atoms with Crippen molar-refractivity contribution in [2.24, 2.45) is 16.7 Å². The summed E-state index contributed by atoms with van der Waals surface area (Å²) in [6.07, 6.45) is 3.07. The zero-order chi connectivity index (χ0) is 19.0. The first-order valence-electron chi connectivity index (χ1n) is 9.03. The number of ketones is 1. The fourth-order valence-corrected chi connectivity index (χ4v) is 5.39. The highest BCUT2D eigenvalue weighted by Gasteiger charge is 2.69. The number of allylic oxidation sites excluding steroid dienone is 2. The van der Waals surface area contributed by atoms with Crippen LogP contribution in [0.15, 0.2) is 11.6 Å². The Morgan fingerprint density at radius 2 is 2.04 bits per heavy atom. The van der Waals surface area contributed by atoms with E-state index in [9.17, 15) is 9.59 Å². The molecule has 1 saturated carbocycles. The molecule has 0 amide bonds. The maximum absolute atomic E-state index is 12.9. The first kappa shape index (κ1) is 19.9. The highest BCUT2D eigenvalue weighted by atomic mass is 28.4. The number of ether oxygens (including phenoxy) is 1. The van der Waals surface area contributed by atoms with Gasteiger partial charge in [0, 0.05) is 18.3 Å². The molecule has 3 aliphatic carbocycles. The van der Waals surface area contributed by atoms with Gasteiger partial charge in [0.15, 0.2) is 8.32 Å². The van der Waals surface area contributed by atoms with Crippen LogP contribution < -0.4 is 0 Å². The van der Waals surface area contributed by atoms with Gasteiger partial charge in [-0.1, -0.05) is 31.4 Å². The van der Waals surface area contributed by atoms with Crippen molar-refractivity contribution in [1.29, 1.82) is 0 Å². The molecule has 0 aliphatic heterocycles. The monoisotopic (exact) mass is 362 g/mol. The largest absolute Gasteiger partial charge is 0.456 e. The van der Waals surface area contributed by atoms with E-state index in [1.165, 1.54) is 0 Å². The number of Topliss-reactive ketones (excluding diaryl/α,β-unsaturated/α-hetero) is 1. The van der Waals surface area contributed by atoms with E-state index >= 15 is 0 Å². The van der Waals surface area contributed by atoms with Gasteiger partial charge in [0.2, 0.25) is 0 Å². The maximum Gasteiger partial charge on any atom is 0.384 e. The lowest BCUT2D eigenvalue weighted by molar-refractivity contribution is -0.171. The third-order valence-electron chi connectivity index (χ3n) is 5.64. The van der Waals surface area contributed by atoms with E-state index in [1.807, 2.05) is 6.92 Å². The predicted molar refractivity (Wildman–Crippen MR) is 100 cm³/mol. The molecule has 4 nitrogen and oxygen atoms in total. The summed E-state index contributed by atoms with van der Waals surface area (Å²) in [5, 5.41) is 0. The van der Waals surface area contributed by atoms with Crippen LogP contribution in [0, 0.1) is 28.6 Å². The van der Waals surface area contributed by atoms with E-state index < -0.39 is 25.8 Å². The minimum Gasteiger partial charge on any atom is -0.456 e. The van der Waals surface area contributed by atoms with Gasteiger partial charge in [0.25, 0.3) is 0 Å². The third-order valence-corrected chi connectivity index (χ3v) is 6.63. The molecule has 3 rings (SSSR count). The summed E-state index contributed by atoms with van der Waals surface area (Å²) in [6.45, 7) is 14.7. The van der Waals surface area contributed by atoms with Crippen LogP contribution in [0.1, 0.15) is 40.5 Å². The molecule has 1 unspecified atom stereocenters. The van der Waals surface area contributed by atoms with Crippen molar-refractivity contribution in [3.8, 4) is 11.8 Å². The molecule has 0 saturated heterocycles. The summed E-state index contributed by atoms with van der Waals surface area (Å²) in [7, 11) is -1.89. The number of esters is 1. The molecular formula is C20H30O4Si. The second-order valence-electron chi connectivity index (χ2n) is 8.58. The van der Waals surface area contributed by atoms with Crippen molar-refractivity contribution in [1.82, 2.24) is 0 Å². The summed E-state index contributed by atoms with van der Waals surface area (Å²) >= 11 is 0. The number of hydrogen-bond donors (Lipinski definition) is 0. The van der Waals surface area contributed by atoms with Gasteiger partial charge in [-0.3, -0.25) is 4.79 Å². The Labute approximate surface area is 152 Å². The van der Waals surface area contributed by atoms with E-state index in [2.05, 4.69) is 51.4 Å². The Hall–Kier alpha value is -1.38. The highest BCUT2D eigenvalue weighted by Crippen LogP contribution is 2.67. The molecule has 0 aromatic rings. The van der Waals surface area contributed by atoms with Crippen LogP contribution in [0.4, 0.5) is 0 Å². The van der Waals surface area contributed by atoms with Gasteiger partial charge in [-0.15, -0.1) is 0 Å². The van der Waals surface area contributed by atoms with Crippen LogP contribution in [0.2, 0.25) is 19.6 Å². The molecule has 3 aliphatic rings. The number of carbonyl (C=O) groups excluding carboxylic acids is 2. The number of hydrogen-bond acceptors (Lipinski definition) is 4. The lowest BCUT2D eigenvalue weighted by Crippen LogP contribution is -2.67. The highest BCUT2D eigenvalue weighted by molar-refractivity contribution is 6.69. The van der Waals surface area contributed by atoms with E-state index in [-0.39, 0.29) is 11.3 Å². The molecule has 3 atom stereocenters. The van der Waals surface area contributed by atoms with Crippen molar-refractivity contribution in [3.05, 3.63) is 11.6 Å². The van der Waals surface area contributed by atoms with Crippen molar-refractivity contribution < 1.29 is 18.8 Å². The summed E-state index contributed by atoms with van der Waals surface area (Å²) in [5.74, 6) is 5.33. The quantitative estimate of drug-likeness (QED) is 0.246. The zero-order valence-corrected chi connectivity index (χ0v) is 17.5. The Morgan fingerprint density at radius 1 is 1.40 bits per heavy atom. The molecule has 0 spiro atoms. The summed E-state index contributed by atoms with van der Waals surface area (Å²) in [6, 6.07) is 0. The molecule has 1 fully saturated rings. The Balaban J connectivity index is 2.32. The number of fused-ring (bicyclic) bond motifs is 1. The van der Waals surface area contributed by atoms with Crippen LogP contribution in [0.3, 0.4) is 0 Å². The van der Waals surface area contributed by atoms with Gasteiger partial charge in [-0.2, -0.15) is 0 Å². The van der Waals surface area contributed by atoms with Crippen LogP contribution >= 0.6 is 0 Å². The van der Waals surface area contributed by atoms with Crippen LogP contribution in [-0.2, 0) is 18.8 Å². The van der Waals surface area contributed by atoms with Crippen molar-refractivity contribution in [2.45, 2.75) is 66.3 Å². The van der Waals surface area contributed by atoms with E-state index in [1.54, 1.807) is 6.92 Å². The van der Waals surface area contributed by atoms with Crippen LogP contribution in [-0.4, -0.2) is 32.8 Å². The average molecular weight is 363 g/mol. The molecule has 0 aromatic heterocycles. The topological polar surface area (TPSA) is 52.6 Å².